The number of nitrogens with one attached hydrogen (secondary N) is 1. The summed E-state index contributed by atoms with van der Waals surface area (Å²) in [5.74, 6) is 2.17. The van der Waals surface area contributed by atoms with E-state index in [-0.39, 0.29) is 0 Å². The van der Waals surface area contributed by atoms with E-state index in [2.05, 4.69) is 25.2 Å². The molecule has 0 heterocycles. The lowest BCUT2D eigenvalue weighted by molar-refractivity contribution is 0.144. The molecule has 0 amide bonds. The third-order valence-corrected chi connectivity index (χ3v) is 2.65. The number of hydrogen-bond donors (Lipinski definition) is 1. The van der Waals surface area contributed by atoms with Gasteiger partial charge in [0.2, 0.25) is 0 Å². The minimum Gasteiger partial charge on any atom is -0.493 e. The Labute approximate surface area is 116 Å². The fourth-order valence-electron chi connectivity index (χ4n) is 1.68. The van der Waals surface area contributed by atoms with Crippen LogP contribution in [0, 0.1) is 5.92 Å². The number of benzene rings is 1. The van der Waals surface area contributed by atoms with Crippen molar-refractivity contribution < 1.29 is 14.2 Å². The second kappa shape index (κ2) is 8.77. The number of hydrogen-bond acceptors (Lipinski definition) is 4. The van der Waals surface area contributed by atoms with Gasteiger partial charge in [-0.3, -0.25) is 0 Å². The largest absolute Gasteiger partial charge is 0.493 e. The van der Waals surface area contributed by atoms with Crippen molar-refractivity contribution in [3.05, 3.63) is 23.8 Å². The molecule has 0 atom stereocenters. The molecule has 4 nitrogen and oxygen atoms in total. The van der Waals surface area contributed by atoms with Gasteiger partial charge in [0.15, 0.2) is 11.5 Å². The molecular weight excluding hydrogens is 242 g/mol. The van der Waals surface area contributed by atoms with E-state index in [4.69, 9.17) is 14.2 Å². The first-order valence-electron chi connectivity index (χ1n) is 6.66. The molecule has 0 unspecified atom stereocenters. The second-order valence-electron chi connectivity index (χ2n) is 4.85. The minimum absolute atomic E-state index is 0.524. The van der Waals surface area contributed by atoms with Gasteiger partial charge in [0.05, 0.1) is 13.7 Å². The van der Waals surface area contributed by atoms with Crippen LogP contribution in [-0.2, 0) is 11.3 Å². The van der Waals surface area contributed by atoms with Crippen molar-refractivity contribution in [3.63, 3.8) is 0 Å². The van der Waals surface area contributed by atoms with Gasteiger partial charge < -0.3 is 19.5 Å². The molecule has 1 N–H and O–H groups in total. The van der Waals surface area contributed by atoms with E-state index in [1.54, 1.807) is 14.2 Å². The van der Waals surface area contributed by atoms with Crippen LogP contribution in [0.5, 0.6) is 11.5 Å². The van der Waals surface area contributed by atoms with E-state index < -0.39 is 0 Å². The van der Waals surface area contributed by atoms with Crippen LogP contribution >= 0.6 is 0 Å². The van der Waals surface area contributed by atoms with Crippen LogP contribution in [0.3, 0.4) is 0 Å². The Bertz CT molecular complexity index is 366. The molecule has 108 valence electrons. The highest BCUT2D eigenvalue weighted by atomic mass is 16.5. The van der Waals surface area contributed by atoms with Crippen molar-refractivity contribution in [3.8, 4) is 11.5 Å². The van der Waals surface area contributed by atoms with Crippen molar-refractivity contribution in [1.29, 1.82) is 0 Å². The summed E-state index contributed by atoms with van der Waals surface area (Å²) in [7, 11) is 3.31. The third-order valence-electron chi connectivity index (χ3n) is 2.65. The van der Waals surface area contributed by atoms with Crippen molar-refractivity contribution in [2.24, 2.45) is 5.92 Å². The fourth-order valence-corrected chi connectivity index (χ4v) is 1.68. The zero-order valence-corrected chi connectivity index (χ0v) is 12.4. The van der Waals surface area contributed by atoms with Gasteiger partial charge in [-0.05, 0) is 30.2 Å². The smallest absolute Gasteiger partial charge is 0.161 e. The third kappa shape index (κ3) is 5.94. The Balaban J connectivity index is 2.60. The Kier molecular flexibility index (Phi) is 7.30. The molecule has 0 saturated heterocycles. The van der Waals surface area contributed by atoms with Gasteiger partial charge in [-0.1, -0.05) is 19.9 Å². The predicted molar refractivity (Wildman–Crippen MR) is 76.9 cm³/mol. The molecular formula is C15H25NO3. The Morgan fingerprint density at radius 3 is 2.53 bits per heavy atom. The van der Waals surface area contributed by atoms with Crippen LogP contribution in [0.15, 0.2) is 18.2 Å². The number of methoxy groups -OCH3 is 2. The first-order chi connectivity index (χ1) is 9.17. The summed E-state index contributed by atoms with van der Waals surface area (Å²) >= 11 is 0. The maximum absolute atomic E-state index is 5.66. The van der Waals surface area contributed by atoms with E-state index in [9.17, 15) is 0 Å². The van der Waals surface area contributed by atoms with E-state index in [0.717, 1.165) is 24.6 Å². The normalized spacial score (nSPS) is 10.8. The highest BCUT2D eigenvalue weighted by Crippen LogP contribution is 2.28. The van der Waals surface area contributed by atoms with Gasteiger partial charge >= 0.3 is 0 Å². The van der Waals surface area contributed by atoms with Gasteiger partial charge in [-0.15, -0.1) is 0 Å². The van der Waals surface area contributed by atoms with Crippen molar-refractivity contribution in [2.75, 3.05) is 34.0 Å². The van der Waals surface area contributed by atoms with Crippen molar-refractivity contribution in [2.45, 2.75) is 20.4 Å². The molecule has 0 aromatic heterocycles. The summed E-state index contributed by atoms with van der Waals surface area (Å²) in [6, 6.07) is 6.01. The van der Waals surface area contributed by atoms with Gasteiger partial charge in [-0.25, -0.2) is 0 Å². The predicted octanol–water partition coefficient (Wildman–Crippen LogP) is 2.47. The van der Waals surface area contributed by atoms with Crippen molar-refractivity contribution in [1.82, 2.24) is 5.32 Å². The summed E-state index contributed by atoms with van der Waals surface area (Å²) < 4.78 is 15.9. The summed E-state index contributed by atoms with van der Waals surface area (Å²) in [6.07, 6.45) is 0. The standard InChI is InChI=1S/C15H25NO3/c1-12(2)10-16-11-13-5-6-14(18-4)15(9-13)19-8-7-17-3/h5-6,9,12,16H,7-8,10-11H2,1-4H3. The molecule has 1 rings (SSSR count). The van der Waals surface area contributed by atoms with Gasteiger partial charge in [0.25, 0.3) is 0 Å². The van der Waals surface area contributed by atoms with Crippen LogP contribution < -0.4 is 14.8 Å². The summed E-state index contributed by atoms with van der Waals surface area (Å²) in [5, 5.41) is 3.41. The Hall–Kier alpha value is -1.26. The lowest BCUT2D eigenvalue weighted by Gasteiger charge is -2.13. The average molecular weight is 267 g/mol. The highest BCUT2D eigenvalue weighted by Gasteiger charge is 2.06. The summed E-state index contributed by atoms with van der Waals surface area (Å²) in [5.41, 5.74) is 1.19. The molecule has 19 heavy (non-hydrogen) atoms. The first-order valence-corrected chi connectivity index (χ1v) is 6.66. The van der Waals surface area contributed by atoms with Crippen LogP contribution in [-0.4, -0.2) is 34.0 Å². The SMILES string of the molecule is COCCOc1cc(CNCC(C)C)ccc1OC. The molecule has 0 aliphatic heterocycles. The van der Waals surface area contributed by atoms with Crippen LogP contribution in [0.2, 0.25) is 0 Å². The maximum atomic E-state index is 5.66. The van der Waals surface area contributed by atoms with E-state index in [0.29, 0.717) is 19.1 Å². The first kappa shape index (κ1) is 15.8. The zero-order chi connectivity index (χ0) is 14.1. The van der Waals surface area contributed by atoms with Gasteiger partial charge in [0.1, 0.15) is 6.61 Å². The number of rotatable bonds is 9. The molecule has 0 radical (unpaired) electrons. The highest BCUT2D eigenvalue weighted by molar-refractivity contribution is 5.42. The molecule has 4 heteroatoms. The quantitative estimate of drug-likeness (QED) is 0.698. The fraction of sp³-hybridized carbons (Fsp3) is 0.600. The molecule has 0 spiro atoms. The minimum atomic E-state index is 0.524. The molecule has 0 saturated carbocycles. The van der Waals surface area contributed by atoms with Crippen molar-refractivity contribution >= 4 is 0 Å². The Morgan fingerprint density at radius 1 is 1.11 bits per heavy atom. The zero-order valence-electron chi connectivity index (χ0n) is 12.4. The van der Waals surface area contributed by atoms with Gasteiger partial charge in [0, 0.05) is 13.7 Å². The number of ether oxygens (including phenoxy) is 3. The average Bonchev–Trinajstić information content (AvgIpc) is 2.39. The maximum Gasteiger partial charge on any atom is 0.161 e. The molecule has 0 aliphatic rings. The lowest BCUT2D eigenvalue weighted by atomic mass is 10.2. The summed E-state index contributed by atoms with van der Waals surface area (Å²) in [6.45, 7) is 7.32. The molecule has 0 fully saturated rings. The van der Waals surface area contributed by atoms with Gasteiger partial charge in [-0.2, -0.15) is 0 Å². The molecule has 0 bridgehead atoms. The monoisotopic (exact) mass is 267 g/mol. The topological polar surface area (TPSA) is 39.7 Å². The van der Waals surface area contributed by atoms with E-state index in [1.165, 1.54) is 5.56 Å². The van der Waals surface area contributed by atoms with Crippen LogP contribution in [0.25, 0.3) is 0 Å². The van der Waals surface area contributed by atoms with E-state index >= 15 is 0 Å². The lowest BCUT2D eigenvalue weighted by Crippen LogP contribution is -2.19. The molecule has 1 aromatic rings. The second-order valence-corrected chi connectivity index (χ2v) is 4.85. The summed E-state index contributed by atoms with van der Waals surface area (Å²) in [4.78, 5) is 0. The van der Waals surface area contributed by atoms with Crippen LogP contribution in [0.1, 0.15) is 19.4 Å². The van der Waals surface area contributed by atoms with E-state index in [1.807, 2.05) is 12.1 Å². The van der Waals surface area contributed by atoms with Crippen LogP contribution in [0.4, 0.5) is 0 Å². The molecule has 0 aliphatic carbocycles. The molecule has 1 aromatic carbocycles. The Morgan fingerprint density at radius 2 is 1.89 bits per heavy atom.